The maximum Gasteiger partial charge on any atom is 0.416 e. The van der Waals surface area contributed by atoms with Crippen molar-refractivity contribution in [1.82, 2.24) is 9.80 Å². The summed E-state index contributed by atoms with van der Waals surface area (Å²) in [4.78, 5) is 8.12. The highest BCUT2D eigenvalue weighted by atomic mass is 32.2. The van der Waals surface area contributed by atoms with E-state index in [4.69, 9.17) is 9.47 Å². The Morgan fingerprint density at radius 1 is 1.00 bits per heavy atom. The molecule has 3 heterocycles. The molecule has 2 fully saturated rings. The number of fused-ring (bicyclic) bond motifs is 2. The molecule has 10 heteroatoms. The van der Waals surface area contributed by atoms with Crippen molar-refractivity contribution in [3.8, 4) is 0 Å². The molecule has 0 amide bonds. The summed E-state index contributed by atoms with van der Waals surface area (Å²) in [6, 6.07) is 11.5. The predicted molar refractivity (Wildman–Crippen MR) is 133 cm³/mol. The molecule has 3 aliphatic heterocycles. The van der Waals surface area contributed by atoms with Crippen LogP contribution in [0.3, 0.4) is 0 Å². The average Bonchev–Trinajstić information content (AvgIpc) is 3.17. The second kappa shape index (κ2) is 10.2. The third kappa shape index (κ3) is 5.84. The van der Waals surface area contributed by atoms with Gasteiger partial charge in [-0.3, -0.25) is 9.80 Å². The van der Waals surface area contributed by atoms with Gasteiger partial charge in [0.1, 0.15) is 0 Å². The van der Waals surface area contributed by atoms with Crippen molar-refractivity contribution >= 4 is 23.1 Å². The molecule has 0 spiro atoms. The van der Waals surface area contributed by atoms with Crippen molar-refractivity contribution in [2.24, 2.45) is 0 Å². The first kappa shape index (κ1) is 25.8. The molecule has 2 aromatic rings. The molecule has 0 saturated carbocycles. The van der Waals surface area contributed by atoms with Gasteiger partial charge < -0.3 is 19.5 Å². The summed E-state index contributed by atoms with van der Waals surface area (Å²) < 4.78 is 51.9. The Kier molecular flexibility index (Phi) is 7.28. The van der Waals surface area contributed by atoms with Crippen molar-refractivity contribution in [2.75, 3.05) is 57.3 Å². The molecular weight excluding hydrogens is 491 g/mol. The molecule has 5 rings (SSSR count). The number of anilines is 2. The first-order valence-corrected chi connectivity index (χ1v) is 13.1. The molecule has 6 nitrogen and oxygen atoms in total. The maximum atomic E-state index is 13.4. The Labute approximate surface area is 214 Å². The highest BCUT2D eigenvalue weighted by Crippen LogP contribution is 2.49. The monoisotopic (exact) mass is 523 g/mol. The topological polar surface area (TPSA) is 48.4 Å². The molecule has 1 N–H and O–H groups in total. The Balaban J connectivity index is 1.22. The lowest BCUT2D eigenvalue weighted by Gasteiger charge is -2.38. The van der Waals surface area contributed by atoms with Gasteiger partial charge in [0, 0.05) is 49.1 Å². The fourth-order valence-corrected chi connectivity index (χ4v) is 6.14. The van der Waals surface area contributed by atoms with E-state index in [9.17, 15) is 18.3 Å². The summed E-state index contributed by atoms with van der Waals surface area (Å²) in [7, 11) is 0. The van der Waals surface area contributed by atoms with Crippen LogP contribution in [-0.4, -0.2) is 85.3 Å². The van der Waals surface area contributed by atoms with Crippen LogP contribution in [0.2, 0.25) is 0 Å². The van der Waals surface area contributed by atoms with Crippen molar-refractivity contribution in [3.63, 3.8) is 0 Å². The molecule has 0 bridgehead atoms. The molecule has 0 aliphatic carbocycles. The number of hydrogen-bond acceptors (Lipinski definition) is 7. The lowest BCUT2D eigenvalue weighted by Crippen LogP contribution is -2.51. The molecule has 2 saturated heterocycles. The molecule has 0 aromatic heterocycles. The minimum atomic E-state index is -4.42. The van der Waals surface area contributed by atoms with Gasteiger partial charge >= 0.3 is 6.18 Å². The molecule has 3 aliphatic rings. The van der Waals surface area contributed by atoms with E-state index in [1.165, 1.54) is 23.9 Å². The van der Waals surface area contributed by atoms with Gasteiger partial charge in [0.2, 0.25) is 0 Å². The molecule has 36 heavy (non-hydrogen) atoms. The third-order valence-electron chi connectivity index (χ3n) is 6.81. The average molecular weight is 524 g/mol. The standard InChI is InChI=1S/C26H32F3N3O3S/c1-25(2)34-17-20(35-25)16-31-11-9-30(10-12-31)14-19(33)15-32-21-5-3-4-6-23(21)36-24-8-7-18(13-22(24)32)26(27,28)29/h3-8,13,19-20,33H,9-12,14-17H2,1-2H3/t19?,20-/m0/s1. The second-order valence-corrected chi connectivity index (χ2v) is 11.2. The van der Waals surface area contributed by atoms with E-state index in [1.807, 2.05) is 43.0 Å². The Bertz CT molecular complexity index is 1080. The van der Waals surface area contributed by atoms with Gasteiger partial charge in [0.15, 0.2) is 5.79 Å². The zero-order valence-electron chi connectivity index (χ0n) is 20.5. The molecule has 0 radical (unpaired) electrons. The van der Waals surface area contributed by atoms with Crippen LogP contribution in [0.1, 0.15) is 19.4 Å². The number of nitrogens with zero attached hydrogens (tertiary/aromatic N) is 3. The number of hydrogen-bond donors (Lipinski definition) is 1. The van der Waals surface area contributed by atoms with E-state index >= 15 is 0 Å². The van der Waals surface area contributed by atoms with E-state index in [-0.39, 0.29) is 12.6 Å². The van der Waals surface area contributed by atoms with Crippen LogP contribution in [-0.2, 0) is 15.7 Å². The van der Waals surface area contributed by atoms with Crippen LogP contribution in [0.4, 0.5) is 24.5 Å². The van der Waals surface area contributed by atoms with E-state index in [2.05, 4.69) is 9.80 Å². The van der Waals surface area contributed by atoms with Gasteiger partial charge in [0.25, 0.3) is 0 Å². The number of aliphatic hydroxyl groups is 1. The highest BCUT2D eigenvalue weighted by molar-refractivity contribution is 7.99. The summed E-state index contributed by atoms with van der Waals surface area (Å²) in [5, 5.41) is 11.0. The number of alkyl halides is 3. The summed E-state index contributed by atoms with van der Waals surface area (Å²) in [5.41, 5.74) is 0.621. The van der Waals surface area contributed by atoms with Crippen LogP contribution in [0.15, 0.2) is 52.3 Å². The number of β-amino-alcohol motifs (C(OH)–C–C–N with tert-alkyl or cyclic N) is 1. The summed E-state index contributed by atoms with van der Waals surface area (Å²) in [5.74, 6) is -0.526. The van der Waals surface area contributed by atoms with Gasteiger partial charge in [-0.25, -0.2) is 0 Å². The zero-order chi connectivity index (χ0) is 25.5. The molecular formula is C26H32F3N3O3S. The van der Waals surface area contributed by atoms with Crippen molar-refractivity contribution in [3.05, 3.63) is 48.0 Å². The first-order valence-electron chi connectivity index (χ1n) is 12.3. The van der Waals surface area contributed by atoms with E-state index in [0.29, 0.717) is 18.8 Å². The minimum Gasteiger partial charge on any atom is -0.390 e. The smallest absolute Gasteiger partial charge is 0.390 e. The SMILES string of the molecule is CC1(C)OC[C@H](CN2CCN(CC(O)CN3c4ccccc4Sc4ccc(C(F)(F)F)cc43)CC2)O1. The number of benzene rings is 2. The maximum absolute atomic E-state index is 13.4. The molecule has 2 aromatic carbocycles. The number of halogens is 3. The fraction of sp³-hybridized carbons (Fsp3) is 0.538. The van der Waals surface area contributed by atoms with Crippen LogP contribution < -0.4 is 4.90 Å². The van der Waals surface area contributed by atoms with E-state index in [1.54, 1.807) is 0 Å². The lowest BCUT2D eigenvalue weighted by molar-refractivity contribution is -0.141. The molecule has 1 unspecified atom stereocenters. The lowest BCUT2D eigenvalue weighted by atomic mass is 10.1. The van der Waals surface area contributed by atoms with Crippen LogP contribution in [0.25, 0.3) is 0 Å². The number of ether oxygens (including phenoxy) is 2. The minimum absolute atomic E-state index is 0.0656. The highest BCUT2D eigenvalue weighted by Gasteiger charge is 2.35. The van der Waals surface area contributed by atoms with Crippen molar-refractivity contribution in [2.45, 2.75) is 47.8 Å². The second-order valence-electron chi connectivity index (χ2n) is 10.1. The van der Waals surface area contributed by atoms with Gasteiger partial charge in [-0.05, 0) is 44.2 Å². The largest absolute Gasteiger partial charge is 0.416 e. The number of rotatable bonds is 6. The number of para-hydroxylation sites is 1. The van der Waals surface area contributed by atoms with Crippen LogP contribution >= 0.6 is 11.8 Å². The van der Waals surface area contributed by atoms with Gasteiger partial charge in [-0.1, -0.05) is 23.9 Å². The Hall–Kier alpha value is -1.82. The number of piperazine rings is 1. The third-order valence-corrected chi connectivity index (χ3v) is 7.94. The van der Waals surface area contributed by atoms with Gasteiger partial charge in [0.05, 0.1) is 42.3 Å². The van der Waals surface area contributed by atoms with Gasteiger partial charge in [-0.2, -0.15) is 13.2 Å². The molecule has 2 atom stereocenters. The summed E-state index contributed by atoms with van der Waals surface area (Å²) >= 11 is 1.46. The first-order chi connectivity index (χ1) is 17.1. The van der Waals surface area contributed by atoms with Crippen molar-refractivity contribution < 1.29 is 27.8 Å². The number of aliphatic hydroxyl groups excluding tert-OH is 1. The Morgan fingerprint density at radius 3 is 2.39 bits per heavy atom. The zero-order valence-corrected chi connectivity index (χ0v) is 21.3. The quantitative estimate of drug-likeness (QED) is 0.601. The summed E-state index contributed by atoms with van der Waals surface area (Å²) in [6.07, 6.45) is -5.08. The fourth-order valence-electron chi connectivity index (χ4n) is 5.06. The van der Waals surface area contributed by atoms with Crippen LogP contribution in [0.5, 0.6) is 0 Å². The summed E-state index contributed by atoms with van der Waals surface area (Å²) in [6.45, 7) is 9.31. The Morgan fingerprint density at radius 2 is 1.69 bits per heavy atom. The normalized spacial score (nSPS) is 23.4. The van der Waals surface area contributed by atoms with Crippen LogP contribution in [0, 0.1) is 0 Å². The van der Waals surface area contributed by atoms with Crippen molar-refractivity contribution in [1.29, 1.82) is 0 Å². The predicted octanol–water partition coefficient (Wildman–Crippen LogP) is 4.44. The van der Waals surface area contributed by atoms with Gasteiger partial charge in [-0.15, -0.1) is 0 Å². The molecule has 196 valence electrons. The van der Waals surface area contributed by atoms with E-state index in [0.717, 1.165) is 54.3 Å². The van der Waals surface area contributed by atoms with E-state index < -0.39 is 23.6 Å².